The first-order chi connectivity index (χ1) is 5.24. The lowest BCUT2D eigenvalue weighted by molar-refractivity contribution is 0.112. The number of hydrogen-bond acceptors (Lipinski definition) is 2. The van der Waals surface area contributed by atoms with Crippen molar-refractivity contribution in [1.82, 2.24) is 0 Å². The fraction of sp³-hybridized carbons (Fsp3) is 0. The Bertz CT molecular complexity index is 299. The second-order valence-electron chi connectivity index (χ2n) is 2.16. The molecule has 3 N–H and O–H groups in total. The lowest BCUT2D eigenvalue weighted by Gasteiger charge is -1.96. The van der Waals surface area contributed by atoms with E-state index in [-0.39, 0.29) is 18.2 Å². The van der Waals surface area contributed by atoms with E-state index in [0.717, 1.165) is 6.29 Å². The zero-order chi connectivity index (χ0) is 8.27. The SMILES string of the molecule is Cl.N=C(N)c1cccc(C=O)c1. The van der Waals surface area contributed by atoms with E-state index in [9.17, 15) is 4.79 Å². The van der Waals surface area contributed by atoms with Crippen molar-refractivity contribution in [2.45, 2.75) is 0 Å². The molecule has 0 amide bonds. The number of nitrogen functional groups attached to an aromatic ring is 1. The fourth-order valence-electron chi connectivity index (χ4n) is 0.780. The lowest BCUT2D eigenvalue weighted by Crippen LogP contribution is -2.10. The van der Waals surface area contributed by atoms with E-state index in [1.165, 1.54) is 0 Å². The van der Waals surface area contributed by atoms with Crippen molar-refractivity contribution in [3.8, 4) is 0 Å². The molecule has 0 aliphatic carbocycles. The summed E-state index contributed by atoms with van der Waals surface area (Å²) in [6.45, 7) is 0. The Morgan fingerprint density at radius 1 is 1.50 bits per heavy atom. The summed E-state index contributed by atoms with van der Waals surface area (Å²) in [5, 5.41) is 7.07. The number of nitrogens with one attached hydrogen (secondary N) is 1. The molecule has 0 saturated heterocycles. The third kappa shape index (κ3) is 2.36. The molecule has 0 spiro atoms. The molecule has 4 heteroatoms. The van der Waals surface area contributed by atoms with Gasteiger partial charge in [0.15, 0.2) is 0 Å². The molecule has 64 valence electrons. The molecule has 3 nitrogen and oxygen atoms in total. The average Bonchev–Trinajstić information content (AvgIpc) is 2.05. The molecule has 0 unspecified atom stereocenters. The molecular weight excluding hydrogens is 176 g/mol. The van der Waals surface area contributed by atoms with Crippen molar-refractivity contribution in [2.24, 2.45) is 5.73 Å². The fourth-order valence-corrected chi connectivity index (χ4v) is 0.780. The van der Waals surface area contributed by atoms with Gasteiger partial charge in [-0.05, 0) is 6.07 Å². The van der Waals surface area contributed by atoms with Crippen LogP contribution in [-0.4, -0.2) is 12.1 Å². The molecule has 0 radical (unpaired) electrons. The molecule has 0 aliphatic heterocycles. The van der Waals surface area contributed by atoms with Crippen LogP contribution < -0.4 is 5.73 Å². The third-order valence-electron chi connectivity index (χ3n) is 1.33. The lowest BCUT2D eigenvalue weighted by atomic mass is 10.1. The van der Waals surface area contributed by atoms with Crippen LogP contribution in [0.4, 0.5) is 0 Å². The number of hydrogen-bond donors (Lipinski definition) is 2. The highest BCUT2D eigenvalue weighted by atomic mass is 35.5. The molecule has 0 saturated carbocycles. The standard InChI is InChI=1S/C8H8N2O.ClH/c9-8(10)7-3-1-2-6(4-7)5-11;/h1-5H,(H3,9,10);1H. The van der Waals surface area contributed by atoms with Crippen molar-refractivity contribution >= 4 is 24.5 Å². The molecule has 1 aromatic rings. The van der Waals surface area contributed by atoms with Gasteiger partial charge in [0, 0.05) is 11.1 Å². The Morgan fingerprint density at radius 2 is 2.17 bits per heavy atom. The highest BCUT2D eigenvalue weighted by Crippen LogP contribution is 2.01. The van der Waals surface area contributed by atoms with Gasteiger partial charge in [-0.3, -0.25) is 10.2 Å². The van der Waals surface area contributed by atoms with Crippen LogP contribution in [0.15, 0.2) is 24.3 Å². The average molecular weight is 185 g/mol. The normalized spacial score (nSPS) is 8.33. The van der Waals surface area contributed by atoms with Crippen molar-refractivity contribution in [2.75, 3.05) is 0 Å². The summed E-state index contributed by atoms with van der Waals surface area (Å²) in [5.74, 6) is -0.0197. The molecule has 0 aliphatic rings. The molecular formula is C8H9ClN2O. The topological polar surface area (TPSA) is 66.9 Å². The van der Waals surface area contributed by atoms with Gasteiger partial charge in [0.1, 0.15) is 12.1 Å². The number of carbonyl (C=O) groups is 1. The zero-order valence-electron chi connectivity index (χ0n) is 6.28. The van der Waals surface area contributed by atoms with Gasteiger partial charge in [0.2, 0.25) is 0 Å². The van der Waals surface area contributed by atoms with Crippen LogP contribution in [0.5, 0.6) is 0 Å². The van der Waals surface area contributed by atoms with Crippen LogP contribution in [0.3, 0.4) is 0 Å². The molecule has 0 heterocycles. The maximum atomic E-state index is 10.3. The predicted octanol–water partition coefficient (Wildman–Crippen LogP) is 1.20. The summed E-state index contributed by atoms with van der Waals surface area (Å²) < 4.78 is 0. The maximum absolute atomic E-state index is 10.3. The number of benzene rings is 1. The van der Waals surface area contributed by atoms with Crippen LogP contribution in [0.2, 0.25) is 0 Å². The summed E-state index contributed by atoms with van der Waals surface area (Å²) in [6.07, 6.45) is 0.729. The molecule has 0 atom stereocenters. The monoisotopic (exact) mass is 184 g/mol. The van der Waals surface area contributed by atoms with E-state index in [1.807, 2.05) is 0 Å². The predicted molar refractivity (Wildman–Crippen MR) is 50.1 cm³/mol. The first-order valence-electron chi connectivity index (χ1n) is 3.13. The van der Waals surface area contributed by atoms with E-state index >= 15 is 0 Å². The molecule has 1 aromatic carbocycles. The van der Waals surface area contributed by atoms with E-state index in [4.69, 9.17) is 11.1 Å². The maximum Gasteiger partial charge on any atom is 0.150 e. The van der Waals surface area contributed by atoms with Crippen LogP contribution in [0.25, 0.3) is 0 Å². The second-order valence-corrected chi connectivity index (χ2v) is 2.16. The largest absolute Gasteiger partial charge is 0.384 e. The number of aldehydes is 1. The number of rotatable bonds is 2. The number of halogens is 1. The minimum atomic E-state index is -0.0197. The van der Waals surface area contributed by atoms with Gasteiger partial charge in [-0.2, -0.15) is 0 Å². The van der Waals surface area contributed by atoms with Crippen molar-refractivity contribution in [3.63, 3.8) is 0 Å². The number of nitrogens with two attached hydrogens (primary N) is 1. The smallest absolute Gasteiger partial charge is 0.150 e. The van der Waals surface area contributed by atoms with Crippen molar-refractivity contribution in [1.29, 1.82) is 5.41 Å². The second kappa shape index (κ2) is 4.51. The van der Waals surface area contributed by atoms with Gasteiger partial charge < -0.3 is 5.73 Å². The zero-order valence-corrected chi connectivity index (χ0v) is 7.10. The number of amidine groups is 1. The van der Waals surface area contributed by atoms with E-state index in [2.05, 4.69) is 0 Å². The van der Waals surface area contributed by atoms with E-state index in [0.29, 0.717) is 11.1 Å². The molecule has 0 fully saturated rings. The highest BCUT2D eigenvalue weighted by Gasteiger charge is 1.95. The Balaban J connectivity index is 0.00000121. The van der Waals surface area contributed by atoms with Crippen LogP contribution in [-0.2, 0) is 0 Å². The first kappa shape index (κ1) is 10.7. The first-order valence-corrected chi connectivity index (χ1v) is 3.13. The summed E-state index contributed by atoms with van der Waals surface area (Å²) in [4.78, 5) is 10.3. The van der Waals surface area contributed by atoms with Gasteiger partial charge in [-0.15, -0.1) is 12.4 Å². The molecule has 1 rings (SSSR count). The van der Waals surface area contributed by atoms with Crippen LogP contribution >= 0.6 is 12.4 Å². The van der Waals surface area contributed by atoms with Gasteiger partial charge in [-0.1, -0.05) is 18.2 Å². The minimum Gasteiger partial charge on any atom is -0.384 e. The van der Waals surface area contributed by atoms with Crippen LogP contribution in [0, 0.1) is 5.41 Å². The third-order valence-corrected chi connectivity index (χ3v) is 1.33. The van der Waals surface area contributed by atoms with Gasteiger partial charge in [-0.25, -0.2) is 0 Å². The number of carbonyl (C=O) groups excluding carboxylic acids is 1. The Labute approximate surface area is 76.5 Å². The molecule has 0 bridgehead atoms. The van der Waals surface area contributed by atoms with Crippen molar-refractivity contribution < 1.29 is 4.79 Å². The summed E-state index contributed by atoms with van der Waals surface area (Å²) in [5.41, 5.74) is 6.32. The summed E-state index contributed by atoms with van der Waals surface area (Å²) in [6, 6.07) is 6.63. The summed E-state index contributed by atoms with van der Waals surface area (Å²) >= 11 is 0. The van der Waals surface area contributed by atoms with Gasteiger partial charge in [0.05, 0.1) is 0 Å². The minimum absolute atomic E-state index is 0. The van der Waals surface area contributed by atoms with Crippen molar-refractivity contribution in [3.05, 3.63) is 35.4 Å². The Kier molecular flexibility index (Phi) is 4.00. The van der Waals surface area contributed by atoms with Gasteiger partial charge >= 0.3 is 0 Å². The Morgan fingerprint density at radius 3 is 2.67 bits per heavy atom. The molecule has 0 aromatic heterocycles. The Hall–Kier alpha value is -1.35. The quantitative estimate of drug-likeness (QED) is 0.412. The van der Waals surface area contributed by atoms with Gasteiger partial charge in [0.25, 0.3) is 0 Å². The van der Waals surface area contributed by atoms with E-state index < -0.39 is 0 Å². The van der Waals surface area contributed by atoms with E-state index in [1.54, 1.807) is 24.3 Å². The summed E-state index contributed by atoms with van der Waals surface area (Å²) in [7, 11) is 0. The highest BCUT2D eigenvalue weighted by molar-refractivity contribution is 5.96. The van der Waals surface area contributed by atoms with Crippen LogP contribution in [0.1, 0.15) is 15.9 Å². The molecule has 12 heavy (non-hydrogen) atoms.